The van der Waals surface area contributed by atoms with Crippen molar-refractivity contribution in [3.8, 4) is 5.69 Å². The lowest BCUT2D eigenvalue weighted by Crippen LogP contribution is -2.32. The van der Waals surface area contributed by atoms with Crippen molar-refractivity contribution in [1.82, 2.24) is 9.99 Å². The molecule has 3 aromatic rings. The van der Waals surface area contributed by atoms with Gasteiger partial charge in [0.2, 0.25) is 0 Å². The number of hydrazone groups is 1. The minimum absolute atomic E-state index is 0.00328. The van der Waals surface area contributed by atoms with E-state index in [1.165, 1.54) is 29.0 Å². The van der Waals surface area contributed by atoms with E-state index in [0.717, 1.165) is 17.2 Å². The molecule has 0 saturated heterocycles. The summed E-state index contributed by atoms with van der Waals surface area (Å²) in [4.78, 5) is 24.1. The molecule has 2 aromatic carbocycles. The van der Waals surface area contributed by atoms with E-state index in [2.05, 4.69) is 15.8 Å². The second kappa shape index (κ2) is 9.32. The van der Waals surface area contributed by atoms with Crippen LogP contribution in [0.15, 0.2) is 53.6 Å². The smallest absolute Gasteiger partial charge is 0.318 e. The monoisotopic (exact) mass is 456 g/mol. The molecule has 0 atom stereocenters. The van der Waals surface area contributed by atoms with Crippen LogP contribution in [0.5, 0.6) is 0 Å². The van der Waals surface area contributed by atoms with E-state index in [-0.39, 0.29) is 5.69 Å². The van der Waals surface area contributed by atoms with E-state index in [1.54, 1.807) is 32.0 Å². The fourth-order valence-corrected chi connectivity index (χ4v) is 3.42. The number of carbonyl (C=O) groups excluding carboxylic acids is 2. The highest BCUT2D eigenvalue weighted by atomic mass is 19.4. The second-order valence-electron chi connectivity index (χ2n) is 7.63. The highest BCUT2D eigenvalue weighted by Gasteiger charge is 2.34. The Kier molecular flexibility index (Phi) is 6.71. The molecule has 3 rings (SSSR count). The van der Waals surface area contributed by atoms with Crippen molar-refractivity contribution in [3.63, 3.8) is 0 Å². The average molecular weight is 456 g/mol. The van der Waals surface area contributed by atoms with Crippen molar-refractivity contribution < 1.29 is 22.8 Å². The van der Waals surface area contributed by atoms with Crippen LogP contribution < -0.4 is 10.7 Å². The minimum Gasteiger partial charge on any atom is -0.318 e. The summed E-state index contributed by atoms with van der Waals surface area (Å²) in [7, 11) is 0. The number of anilines is 1. The third kappa shape index (κ3) is 5.31. The molecule has 0 bridgehead atoms. The van der Waals surface area contributed by atoms with Gasteiger partial charge in [-0.15, -0.1) is 0 Å². The van der Waals surface area contributed by atoms with Gasteiger partial charge in [-0.25, -0.2) is 5.43 Å². The van der Waals surface area contributed by atoms with Gasteiger partial charge in [0, 0.05) is 22.6 Å². The molecule has 1 aromatic heterocycles. The van der Waals surface area contributed by atoms with Gasteiger partial charge in [-0.05, 0) is 69.2 Å². The molecule has 2 N–H and O–H groups in total. The minimum atomic E-state index is -4.51. The predicted molar refractivity (Wildman–Crippen MR) is 121 cm³/mol. The number of aryl methyl sites for hydroxylation is 3. The van der Waals surface area contributed by atoms with Crippen LogP contribution in [0.3, 0.4) is 0 Å². The van der Waals surface area contributed by atoms with Crippen LogP contribution in [0.4, 0.5) is 18.9 Å². The first-order valence-electron chi connectivity index (χ1n) is 10.1. The fourth-order valence-electron chi connectivity index (χ4n) is 3.42. The number of para-hydroxylation sites is 1. The van der Waals surface area contributed by atoms with Crippen LogP contribution in [-0.4, -0.2) is 22.6 Å². The summed E-state index contributed by atoms with van der Waals surface area (Å²) >= 11 is 0. The summed E-state index contributed by atoms with van der Waals surface area (Å²) in [5.41, 5.74) is 5.44. The van der Waals surface area contributed by atoms with Gasteiger partial charge in [-0.2, -0.15) is 18.3 Å². The van der Waals surface area contributed by atoms with Gasteiger partial charge < -0.3 is 9.88 Å². The maximum Gasteiger partial charge on any atom is 0.418 e. The standard InChI is InChI=1S/C24H23F3N4O2/c1-14-9-10-19(11-15(14)2)29-22(32)23(33)30-28-13-18-12-16(3)31(17(18)4)21-8-6-5-7-20(21)24(25,26)27/h5-13H,1-4H3,(H,29,32)(H,30,33)/b28-13-. The quantitative estimate of drug-likeness (QED) is 0.336. The number of alkyl halides is 3. The first kappa shape index (κ1) is 23.8. The summed E-state index contributed by atoms with van der Waals surface area (Å²) in [5.74, 6) is -1.86. The van der Waals surface area contributed by atoms with Crippen molar-refractivity contribution in [2.45, 2.75) is 33.9 Å². The molecule has 0 radical (unpaired) electrons. The van der Waals surface area contributed by atoms with Gasteiger partial charge in [-0.3, -0.25) is 9.59 Å². The van der Waals surface area contributed by atoms with Gasteiger partial charge in [0.25, 0.3) is 0 Å². The molecular weight excluding hydrogens is 433 g/mol. The molecule has 0 unspecified atom stereocenters. The van der Waals surface area contributed by atoms with Crippen molar-refractivity contribution in [2.75, 3.05) is 5.32 Å². The van der Waals surface area contributed by atoms with E-state index in [4.69, 9.17) is 0 Å². The zero-order valence-electron chi connectivity index (χ0n) is 18.5. The van der Waals surface area contributed by atoms with Crippen molar-refractivity contribution in [3.05, 3.63) is 82.2 Å². The molecule has 2 amide bonds. The number of hydrogen-bond donors (Lipinski definition) is 2. The summed E-state index contributed by atoms with van der Waals surface area (Å²) in [6.07, 6.45) is -3.22. The third-order valence-electron chi connectivity index (χ3n) is 5.26. The third-order valence-corrected chi connectivity index (χ3v) is 5.26. The largest absolute Gasteiger partial charge is 0.418 e. The number of benzene rings is 2. The topological polar surface area (TPSA) is 75.5 Å². The Morgan fingerprint density at radius 2 is 1.64 bits per heavy atom. The maximum absolute atomic E-state index is 13.4. The van der Waals surface area contributed by atoms with Gasteiger partial charge in [0.05, 0.1) is 17.5 Å². The summed E-state index contributed by atoms with van der Waals surface area (Å²) < 4.78 is 41.8. The van der Waals surface area contributed by atoms with Gasteiger partial charge in [-0.1, -0.05) is 18.2 Å². The molecule has 0 aliphatic heterocycles. The van der Waals surface area contributed by atoms with Crippen molar-refractivity contribution >= 4 is 23.7 Å². The van der Waals surface area contributed by atoms with Crippen molar-refractivity contribution in [2.24, 2.45) is 5.10 Å². The summed E-state index contributed by atoms with van der Waals surface area (Å²) in [5, 5.41) is 6.28. The Labute approximate surface area is 189 Å². The van der Waals surface area contributed by atoms with Crippen LogP contribution in [0.2, 0.25) is 0 Å². The lowest BCUT2D eigenvalue weighted by molar-refractivity contribution is -0.137. The Balaban J connectivity index is 1.75. The van der Waals surface area contributed by atoms with Gasteiger partial charge >= 0.3 is 18.0 Å². The first-order chi connectivity index (χ1) is 15.5. The van der Waals surface area contributed by atoms with Crippen LogP contribution in [0, 0.1) is 27.7 Å². The highest BCUT2D eigenvalue weighted by Crippen LogP contribution is 2.35. The first-order valence-corrected chi connectivity index (χ1v) is 10.1. The molecular formula is C24H23F3N4O2. The van der Waals surface area contributed by atoms with E-state index < -0.39 is 23.6 Å². The van der Waals surface area contributed by atoms with E-state index >= 15 is 0 Å². The number of nitrogens with zero attached hydrogens (tertiary/aromatic N) is 2. The number of aromatic nitrogens is 1. The Morgan fingerprint density at radius 3 is 2.30 bits per heavy atom. The fraction of sp³-hybridized carbons (Fsp3) is 0.208. The molecule has 0 saturated carbocycles. The normalized spacial score (nSPS) is 11.6. The van der Waals surface area contributed by atoms with Gasteiger partial charge in [0.1, 0.15) is 0 Å². The Bertz CT molecular complexity index is 1240. The lowest BCUT2D eigenvalue weighted by Gasteiger charge is -2.16. The second-order valence-corrected chi connectivity index (χ2v) is 7.63. The average Bonchev–Trinajstić information content (AvgIpc) is 3.03. The zero-order chi connectivity index (χ0) is 24.3. The molecule has 33 heavy (non-hydrogen) atoms. The lowest BCUT2D eigenvalue weighted by atomic mass is 10.1. The molecule has 6 nitrogen and oxygen atoms in total. The van der Waals surface area contributed by atoms with E-state index in [1.807, 2.05) is 19.9 Å². The van der Waals surface area contributed by atoms with Crippen LogP contribution >= 0.6 is 0 Å². The molecule has 9 heteroatoms. The molecule has 1 heterocycles. The predicted octanol–water partition coefficient (Wildman–Crippen LogP) is 4.82. The molecule has 172 valence electrons. The summed E-state index contributed by atoms with van der Waals surface area (Å²) in [6, 6.07) is 12.2. The van der Waals surface area contributed by atoms with E-state index in [0.29, 0.717) is 22.6 Å². The number of nitrogens with one attached hydrogen (secondary N) is 2. The summed E-state index contributed by atoms with van der Waals surface area (Å²) in [6.45, 7) is 7.14. The number of carbonyl (C=O) groups is 2. The zero-order valence-corrected chi connectivity index (χ0v) is 18.5. The van der Waals surface area contributed by atoms with Crippen LogP contribution in [0.1, 0.15) is 33.6 Å². The van der Waals surface area contributed by atoms with Crippen LogP contribution in [0.25, 0.3) is 5.69 Å². The number of halogens is 3. The Hall–Kier alpha value is -3.88. The molecule has 0 aliphatic rings. The van der Waals surface area contributed by atoms with Gasteiger partial charge in [0.15, 0.2) is 0 Å². The highest BCUT2D eigenvalue weighted by molar-refractivity contribution is 6.39. The SMILES string of the molecule is Cc1ccc(NC(=O)C(=O)N/N=C\c2cc(C)n(-c3ccccc3C(F)(F)F)c2C)cc1C. The van der Waals surface area contributed by atoms with Crippen molar-refractivity contribution in [1.29, 1.82) is 0 Å². The number of amides is 2. The molecule has 0 fully saturated rings. The molecule has 0 spiro atoms. The Morgan fingerprint density at radius 1 is 0.939 bits per heavy atom. The van der Waals surface area contributed by atoms with E-state index in [9.17, 15) is 22.8 Å². The van der Waals surface area contributed by atoms with Crippen LogP contribution in [-0.2, 0) is 15.8 Å². The number of hydrogen-bond acceptors (Lipinski definition) is 3. The maximum atomic E-state index is 13.4. The number of rotatable bonds is 4. The molecule has 0 aliphatic carbocycles.